The van der Waals surface area contributed by atoms with Gasteiger partial charge < -0.3 is 10.6 Å². The van der Waals surface area contributed by atoms with Crippen LogP contribution in [0.1, 0.15) is 25.3 Å². The highest BCUT2D eigenvalue weighted by Crippen LogP contribution is 2.23. The van der Waals surface area contributed by atoms with Gasteiger partial charge in [0.05, 0.1) is 5.92 Å². The molecular weight excluding hydrogens is 212 g/mol. The third kappa shape index (κ3) is 2.67. The number of benzene rings is 1. The van der Waals surface area contributed by atoms with Crippen molar-refractivity contribution in [1.29, 1.82) is 0 Å². The molecule has 0 spiro atoms. The Labute approximate surface area is 103 Å². The first kappa shape index (κ1) is 12.1. The molecule has 1 amide bonds. The smallest absolute Gasteiger partial charge is 0.227 e. The van der Waals surface area contributed by atoms with Crippen LogP contribution in [0.15, 0.2) is 30.3 Å². The highest BCUT2D eigenvalue weighted by atomic mass is 16.2. The molecule has 2 N–H and O–H groups in total. The Hall–Kier alpha value is -1.35. The standard InChI is InChI=1S/C14H20N2O/c1-2-13(15)12-8-9-16(14(12)17)10-11-6-4-3-5-7-11/h3-7,12-13H,2,8-10,15H2,1H3. The predicted molar refractivity (Wildman–Crippen MR) is 68.2 cm³/mol. The van der Waals surface area contributed by atoms with Crippen LogP contribution in [0.3, 0.4) is 0 Å². The number of carbonyl (C=O) groups excluding carboxylic acids is 1. The van der Waals surface area contributed by atoms with Crippen LogP contribution in [0.4, 0.5) is 0 Å². The van der Waals surface area contributed by atoms with Gasteiger partial charge in [-0.2, -0.15) is 0 Å². The minimum absolute atomic E-state index is 0.0169. The molecule has 2 atom stereocenters. The average molecular weight is 232 g/mol. The van der Waals surface area contributed by atoms with E-state index in [0.717, 1.165) is 19.4 Å². The minimum Gasteiger partial charge on any atom is -0.338 e. The first-order valence-electron chi connectivity index (χ1n) is 6.30. The van der Waals surface area contributed by atoms with E-state index in [1.54, 1.807) is 0 Å². The summed E-state index contributed by atoms with van der Waals surface area (Å²) in [7, 11) is 0. The Bertz CT molecular complexity index is 377. The van der Waals surface area contributed by atoms with Crippen molar-refractivity contribution in [1.82, 2.24) is 4.90 Å². The SMILES string of the molecule is CCC(N)C1CCN(Cc2ccccc2)C1=O. The molecule has 0 aliphatic carbocycles. The minimum atomic E-state index is 0.0169. The Balaban J connectivity index is 1.99. The summed E-state index contributed by atoms with van der Waals surface area (Å²) in [5, 5.41) is 0. The number of nitrogens with two attached hydrogens (primary N) is 1. The van der Waals surface area contributed by atoms with E-state index in [4.69, 9.17) is 5.73 Å². The number of hydrogen-bond acceptors (Lipinski definition) is 2. The Morgan fingerprint density at radius 3 is 2.76 bits per heavy atom. The van der Waals surface area contributed by atoms with E-state index in [-0.39, 0.29) is 17.9 Å². The summed E-state index contributed by atoms with van der Waals surface area (Å²) in [6.45, 7) is 3.59. The first-order valence-corrected chi connectivity index (χ1v) is 6.30. The Kier molecular flexibility index (Phi) is 3.79. The van der Waals surface area contributed by atoms with Crippen molar-refractivity contribution in [2.24, 2.45) is 11.7 Å². The molecule has 1 saturated heterocycles. The maximum atomic E-state index is 12.2. The Morgan fingerprint density at radius 1 is 1.41 bits per heavy atom. The van der Waals surface area contributed by atoms with Gasteiger partial charge in [0.15, 0.2) is 0 Å². The van der Waals surface area contributed by atoms with Gasteiger partial charge in [-0.15, -0.1) is 0 Å². The van der Waals surface area contributed by atoms with Crippen molar-refractivity contribution in [2.45, 2.75) is 32.4 Å². The molecule has 2 rings (SSSR count). The van der Waals surface area contributed by atoms with E-state index >= 15 is 0 Å². The van der Waals surface area contributed by atoms with E-state index in [0.29, 0.717) is 6.54 Å². The third-order valence-electron chi connectivity index (χ3n) is 3.54. The van der Waals surface area contributed by atoms with Crippen LogP contribution in [-0.2, 0) is 11.3 Å². The number of hydrogen-bond donors (Lipinski definition) is 1. The van der Waals surface area contributed by atoms with E-state index < -0.39 is 0 Å². The second-order valence-corrected chi connectivity index (χ2v) is 4.71. The summed E-state index contributed by atoms with van der Waals surface area (Å²) in [5.41, 5.74) is 7.16. The fourth-order valence-electron chi connectivity index (χ4n) is 2.41. The van der Waals surface area contributed by atoms with Crippen LogP contribution < -0.4 is 5.73 Å². The van der Waals surface area contributed by atoms with Crippen LogP contribution in [0.5, 0.6) is 0 Å². The van der Waals surface area contributed by atoms with Gasteiger partial charge in [-0.05, 0) is 18.4 Å². The van der Waals surface area contributed by atoms with Gasteiger partial charge in [-0.3, -0.25) is 4.79 Å². The van der Waals surface area contributed by atoms with Crippen molar-refractivity contribution in [2.75, 3.05) is 6.54 Å². The molecule has 1 aromatic rings. The molecule has 2 unspecified atom stereocenters. The van der Waals surface area contributed by atoms with Gasteiger partial charge in [-0.25, -0.2) is 0 Å². The van der Waals surface area contributed by atoms with E-state index in [9.17, 15) is 4.79 Å². The van der Waals surface area contributed by atoms with Crippen molar-refractivity contribution in [3.63, 3.8) is 0 Å². The zero-order valence-corrected chi connectivity index (χ0v) is 10.3. The van der Waals surface area contributed by atoms with Crippen molar-refractivity contribution in [3.05, 3.63) is 35.9 Å². The van der Waals surface area contributed by atoms with Gasteiger partial charge in [-0.1, -0.05) is 37.3 Å². The zero-order valence-electron chi connectivity index (χ0n) is 10.3. The van der Waals surface area contributed by atoms with Crippen LogP contribution >= 0.6 is 0 Å². The second kappa shape index (κ2) is 5.32. The number of rotatable bonds is 4. The highest BCUT2D eigenvalue weighted by molar-refractivity contribution is 5.81. The molecule has 3 nitrogen and oxygen atoms in total. The van der Waals surface area contributed by atoms with Gasteiger partial charge in [0.1, 0.15) is 0 Å². The molecule has 92 valence electrons. The number of amides is 1. The molecule has 3 heteroatoms. The van der Waals surface area contributed by atoms with Crippen molar-refractivity contribution >= 4 is 5.91 Å². The molecule has 1 aromatic carbocycles. The molecule has 0 saturated carbocycles. The normalized spacial score (nSPS) is 21.9. The first-order chi connectivity index (χ1) is 8.22. The lowest BCUT2D eigenvalue weighted by molar-refractivity contribution is -0.132. The van der Waals surface area contributed by atoms with Crippen molar-refractivity contribution < 1.29 is 4.79 Å². The quantitative estimate of drug-likeness (QED) is 0.860. The summed E-state index contributed by atoms with van der Waals surface area (Å²) in [5.74, 6) is 0.256. The van der Waals surface area contributed by atoms with E-state index in [1.165, 1.54) is 5.56 Å². The zero-order chi connectivity index (χ0) is 12.3. The molecule has 0 bridgehead atoms. The second-order valence-electron chi connectivity index (χ2n) is 4.71. The molecular formula is C14H20N2O. The summed E-state index contributed by atoms with van der Waals surface area (Å²) < 4.78 is 0. The topological polar surface area (TPSA) is 46.3 Å². The fourth-order valence-corrected chi connectivity index (χ4v) is 2.41. The van der Waals surface area contributed by atoms with Crippen LogP contribution in [0, 0.1) is 5.92 Å². The van der Waals surface area contributed by atoms with Crippen LogP contribution in [0.2, 0.25) is 0 Å². The number of nitrogens with zero attached hydrogens (tertiary/aromatic N) is 1. The molecule has 1 fully saturated rings. The predicted octanol–water partition coefficient (Wildman–Crippen LogP) is 1.77. The van der Waals surface area contributed by atoms with Crippen LogP contribution in [0.25, 0.3) is 0 Å². The van der Waals surface area contributed by atoms with Gasteiger partial charge >= 0.3 is 0 Å². The van der Waals surface area contributed by atoms with E-state index in [2.05, 4.69) is 12.1 Å². The lowest BCUT2D eigenvalue weighted by Gasteiger charge is -2.19. The third-order valence-corrected chi connectivity index (χ3v) is 3.54. The fraction of sp³-hybridized carbons (Fsp3) is 0.500. The van der Waals surface area contributed by atoms with E-state index in [1.807, 2.05) is 30.0 Å². The Morgan fingerprint density at radius 2 is 2.12 bits per heavy atom. The summed E-state index contributed by atoms with van der Waals surface area (Å²) in [6.07, 6.45) is 1.77. The summed E-state index contributed by atoms with van der Waals surface area (Å²) >= 11 is 0. The van der Waals surface area contributed by atoms with Gasteiger partial charge in [0, 0.05) is 19.1 Å². The molecule has 1 aliphatic rings. The van der Waals surface area contributed by atoms with Crippen molar-refractivity contribution in [3.8, 4) is 0 Å². The molecule has 17 heavy (non-hydrogen) atoms. The number of carbonyl (C=O) groups is 1. The average Bonchev–Trinajstić information content (AvgIpc) is 2.72. The lowest BCUT2D eigenvalue weighted by atomic mass is 9.97. The summed E-state index contributed by atoms with van der Waals surface area (Å²) in [4.78, 5) is 14.1. The monoisotopic (exact) mass is 232 g/mol. The maximum Gasteiger partial charge on any atom is 0.227 e. The summed E-state index contributed by atoms with van der Waals surface area (Å²) in [6, 6.07) is 10.1. The number of likely N-dealkylation sites (tertiary alicyclic amines) is 1. The molecule has 0 radical (unpaired) electrons. The van der Waals surface area contributed by atoms with Crippen LogP contribution in [-0.4, -0.2) is 23.4 Å². The molecule has 0 aromatic heterocycles. The van der Waals surface area contributed by atoms with Gasteiger partial charge in [0.25, 0.3) is 0 Å². The molecule has 1 heterocycles. The largest absolute Gasteiger partial charge is 0.338 e. The maximum absolute atomic E-state index is 12.2. The van der Waals surface area contributed by atoms with Gasteiger partial charge in [0.2, 0.25) is 5.91 Å². The highest BCUT2D eigenvalue weighted by Gasteiger charge is 2.34. The lowest BCUT2D eigenvalue weighted by Crippen LogP contribution is -2.36. The molecule has 1 aliphatic heterocycles.